The van der Waals surface area contributed by atoms with E-state index in [1.165, 1.54) is 13.2 Å². The Hall–Kier alpha value is -2.02. The van der Waals surface area contributed by atoms with Gasteiger partial charge in [-0.15, -0.1) is 0 Å². The molecule has 2 heterocycles. The van der Waals surface area contributed by atoms with Gasteiger partial charge >= 0.3 is 0 Å². The van der Waals surface area contributed by atoms with Gasteiger partial charge in [0.15, 0.2) is 5.82 Å². The second kappa shape index (κ2) is 5.75. The number of halogens is 2. The van der Waals surface area contributed by atoms with Gasteiger partial charge < -0.3 is 10.1 Å². The summed E-state index contributed by atoms with van der Waals surface area (Å²) in [6, 6.07) is 1.19. The molecule has 0 unspecified atom stereocenters. The molecule has 0 aliphatic carbocycles. The molecule has 0 aromatic carbocycles. The Bertz CT molecular complexity index is 566. The number of nitrogens with one attached hydrogen (secondary N) is 1. The Morgan fingerprint density at radius 3 is 2.63 bits per heavy atom. The molecule has 0 saturated carbocycles. The van der Waals surface area contributed by atoms with Crippen LogP contribution < -0.4 is 10.1 Å². The minimum Gasteiger partial charge on any atom is -0.481 e. The van der Waals surface area contributed by atoms with Crippen LogP contribution in [-0.2, 0) is 0 Å². The molecule has 1 atom stereocenters. The zero-order valence-electron chi connectivity index (χ0n) is 10.3. The number of ether oxygens (including phenoxy) is 1. The van der Waals surface area contributed by atoms with Crippen molar-refractivity contribution >= 4 is 17.5 Å². The van der Waals surface area contributed by atoms with Crippen molar-refractivity contribution in [1.82, 2.24) is 19.9 Å². The Morgan fingerprint density at radius 1 is 1.32 bits per heavy atom. The number of hydrogen-bond acceptors (Lipinski definition) is 6. The zero-order chi connectivity index (χ0) is 13.8. The lowest BCUT2D eigenvalue weighted by atomic mass is 10.3. The van der Waals surface area contributed by atoms with Crippen LogP contribution in [0.2, 0.25) is 5.15 Å². The summed E-state index contributed by atoms with van der Waals surface area (Å²) in [6.45, 7) is 1.80. The smallest absolute Gasteiger partial charge is 0.228 e. The van der Waals surface area contributed by atoms with Gasteiger partial charge in [0.2, 0.25) is 11.8 Å². The van der Waals surface area contributed by atoms with Gasteiger partial charge in [0.05, 0.1) is 25.5 Å². The average Bonchev–Trinajstić information content (AvgIpc) is 2.38. The summed E-state index contributed by atoms with van der Waals surface area (Å²) in [6.07, 6.45) is 2.19. The Morgan fingerprint density at radius 2 is 2.00 bits per heavy atom. The first-order valence-corrected chi connectivity index (χ1v) is 5.79. The number of nitrogens with zero attached hydrogens (tertiary/aromatic N) is 4. The molecule has 0 aliphatic heterocycles. The van der Waals surface area contributed by atoms with Gasteiger partial charge in [-0.1, -0.05) is 11.6 Å². The molecule has 0 spiro atoms. The molecule has 6 nitrogen and oxygen atoms in total. The molecule has 1 N–H and O–H groups in total. The first-order chi connectivity index (χ1) is 9.08. The first-order valence-electron chi connectivity index (χ1n) is 5.41. The number of rotatable bonds is 4. The van der Waals surface area contributed by atoms with E-state index in [4.69, 9.17) is 16.3 Å². The van der Waals surface area contributed by atoms with Gasteiger partial charge in [-0.05, 0) is 6.92 Å². The van der Waals surface area contributed by atoms with E-state index >= 15 is 0 Å². The topological polar surface area (TPSA) is 72.8 Å². The van der Waals surface area contributed by atoms with Crippen molar-refractivity contribution in [2.45, 2.75) is 13.0 Å². The van der Waals surface area contributed by atoms with Crippen LogP contribution in [-0.4, -0.2) is 27.0 Å². The van der Waals surface area contributed by atoms with Crippen molar-refractivity contribution in [3.8, 4) is 5.88 Å². The van der Waals surface area contributed by atoms with E-state index in [0.717, 1.165) is 12.4 Å². The second-order valence-corrected chi connectivity index (χ2v) is 4.07. The molecule has 100 valence electrons. The lowest BCUT2D eigenvalue weighted by Gasteiger charge is -2.12. The molecule has 0 fully saturated rings. The van der Waals surface area contributed by atoms with E-state index in [-0.39, 0.29) is 17.1 Å². The third kappa shape index (κ3) is 3.47. The van der Waals surface area contributed by atoms with Crippen molar-refractivity contribution in [3.63, 3.8) is 0 Å². The maximum absolute atomic E-state index is 12.7. The fourth-order valence-corrected chi connectivity index (χ4v) is 1.54. The van der Waals surface area contributed by atoms with Gasteiger partial charge in [0, 0.05) is 6.07 Å². The Balaban J connectivity index is 2.16. The van der Waals surface area contributed by atoms with Gasteiger partial charge in [-0.25, -0.2) is 19.3 Å². The highest BCUT2D eigenvalue weighted by atomic mass is 35.5. The summed E-state index contributed by atoms with van der Waals surface area (Å²) in [7, 11) is 1.48. The maximum atomic E-state index is 12.7. The van der Waals surface area contributed by atoms with E-state index in [1.807, 2.05) is 0 Å². The quantitative estimate of drug-likeness (QED) is 0.868. The van der Waals surface area contributed by atoms with Gasteiger partial charge in [-0.3, -0.25) is 0 Å². The van der Waals surface area contributed by atoms with Crippen molar-refractivity contribution in [2.24, 2.45) is 0 Å². The molecule has 0 radical (unpaired) electrons. The average molecular weight is 284 g/mol. The minimum absolute atomic E-state index is 0.251. The van der Waals surface area contributed by atoms with Crippen molar-refractivity contribution in [2.75, 3.05) is 12.4 Å². The summed E-state index contributed by atoms with van der Waals surface area (Å²) in [5.74, 6) is 0.556. The highest BCUT2D eigenvalue weighted by molar-refractivity contribution is 6.29. The summed E-state index contributed by atoms with van der Waals surface area (Å²) in [5, 5.41) is 3.21. The summed E-state index contributed by atoms with van der Waals surface area (Å²) < 4.78 is 17.7. The molecule has 2 aromatic heterocycles. The zero-order valence-corrected chi connectivity index (χ0v) is 11.0. The molecule has 0 bridgehead atoms. The largest absolute Gasteiger partial charge is 0.481 e. The standard InChI is InChI=1S/C11H11ClFN5O/c1-6(10-14-4-7(13)5-15-10)16-11-17-8(12)3-9(18-11)19-2/h3-6H,1-2H3,(H,16,17,18)/t6-/m0/s1. The molecule has 0 aliphatic rings. The van der Waals surface area contributed by atoms with Gasteiger partial charge in [0.25, 0.3) is 0 Å². The normalized spacial score (nSPS) is 12.0. The fraction of sp³-hybridized carbons (Fsp3) is 0.273. The van der Waals surface area contributed by atoms with E-state index in [0.29, 0.717) is 11.7 Å². The Kier molecular flexibility index (Phi) is 4.06. The number of anilines is 1. The van der Waals surface area contributed by atoms with Crippen LogP contribution in [0.25, 0.3) is 0 Å². The Labute approximate surface area is 114 Å². The summed E-state index contributed by atoms with van der Waals surface area (Å²) in [4.78, 5) is 15.8. The summed E-state index contributed by atoms with van der Waals surface area (Å²) in [5.41, 5.74) is 0. The van der Waals surface area contributed by atoms with Crippen LogP contribution in [0.1, 0.15) is 18.8 Å². The third-order valence-electron chi connectivity index (χ3n) is 2.25. The van der Waals surface area contributed by atoms with Crippen molar-refractivity contribution < 1.29 is 9.13 Å². The lowest BCUT2D eigenvalue weighted by Crippen LogP contribution is -2.13. The van der Waals surface area contributed by atoms with Crippen LogP contribution in [0, 0.1) is 5.82 Å². The predicted molar refractivity (Wildman–Crippen MR) is 67.6 cm³/mol. The van der Waals surface area contributed by atoms with Crippen LogP contribution in [0.15, 0.2) is 18.5 Å². The SMILES string of the molecule is COc1cc(Cl)nc(N[C@@H](C)c2ncc(F)cn2)n1. The minimum atomic E-state index is -0.489. The van der Waals surface area contributed by atoms with Crippen LogP contribution in [0.4, 0.5) is 10.3 Å². The van der Waals surface area contributed by atoms with Gasteiger partial charge in [-0.2, -0.15) is 4.98 Å². The molecular weight excluding hydrogens is 273 g/mol. The van der Waals surface area contributed by atoms with E-state index in [2.05, 4.69) is 25.3 Å². The second-order valence-electron chi connectivity index (χ2n) is 3.68. The van der Waals surface area contributed by atoms with Crippen molar-refractivity contribution in [3.05, 3.63) is 35.3 Å². The van der Waals surface area contributed by atoms with Crippen LogP contribution in [0.5, 0.6) is 5.88 Å². The molecule has 0 saturated heterocycles. The molecular formula is C11H11ClFN5O. The van der Waals surface area contributed by atoms with Crippen LogP contribution in [0.3, 0.4) is 0 Å². The highest BCUT2D eigenvalue weighted by Gasteiger charge is 2.11. The number of methoxy groups -OCH3 is 1. The third-order valence-corrected chi connectivity index (χ3v) is 2.45. The predicted octanol–water partition coefficient (Wildman–Crippen LogP) is 2.24. The molecule has 2 rings (SSSR count). The lowest BCUT2D eigenvalue weighted by molar-refractivity contribution is 0.397. The molecule has 19 heavy (non-hydrogen) atoms. The van der Waals surface area contributed by atoms with E-state index in [1.54, 1.807) is 6.92 Å². The maximum Gasteiger partial charge on any atom is 0.228 e. The summed E-state index contributed by atoms with van der Waals surface area (Å²) >= 11 is 5.83. The highest BCUT2D eigenvalue weighted by Crippen LogP contribution is 2.19. The van der Waals surface area contributed by atoms with Crippen molar-refractivity contribution in [1.29, 1.82) is 0 Å². The first kappa shape index (κ1) is 13.4. The van der Waals surface area contributed by atoms with Gasteiger partial charge in [0.1, 0.15) is 11.0 Å². The number of aromatic nitrogens is 4. The molecule has 8 heteroatoms. The number of hydrogen-bond donors (Lipinski definition) is 1. The van der Waals surface area contributed by atoms with Crippen LogP contribution >= 0.6 is 11.6 Å². The monoisotopic (exact) mass is 283 g/mol. The fourth-order valence-electron chi connectivity index (χ4n) is 1.37. The van der Waals surface area contributed by atoms with E-state index in [9.17, 15) is 4.39 Å². The molecule has 2 aromatic rings. The molecule has 0 amide bonds. The van der Waals surface area contributed by atoms with E-state index < -0.39 is 5.82 Å².